The van der Waals surface area contributed by atoms with E-state index in [2.05, 4.69) is 0 Å². The summed E-state index contributed by atoms with van der Waals surface area (Å²) in [5.74, 6) is 0.0570. The van der Waals surface area contributed by atoms with Crippen LogP contribution in [0.4, 0.5) is 0 Å². The molecular formula is C26H31NO4. The number of piperidine rings is 1. The SMILES string of the molecule is COC(=O)c1cc(C=CC(=O)N2CCCCC2)c(-c2ccoc2)c(C2CCCCC2)c1. The third kappa shape index (κ3) is 4.92. The Morgan fingerprint density at radius 2 is 1.81 bits per heavy atom. The third-order valence-electron chi connectivity index (χ3n) is 6.55. The molecule has 1 saturated heterocycles. The van der Waals surface area contributed by atoms with Crippen LogP contribution in [-0.2, 0) is 9.53 Å². The number of furan rings is 1. The van der Waals surface area contributed by atoms with Gasteiger partial charge in [0.2, 0.25) is 5.91 Å². The molecule has 0 radical (unpaired) electrons. The summed E-state index contributed by atoms with van der Waals surface area (Å²) in [6.07, 6.45) is 16.1. The van der Waals surface area contributed by atoms with E-state index in [1.165, 1.54) is 32.8 Å². The first kappa shape index (κ1) is 21.4. The van der Waals surface area contributed by atoms with Gasteiger partial charge in [-0.15, -0.1) is 0 Å². The molecule has 2 aliphatic rings. The molecule has 164 valence electrons. The Morgan fingerprint density at radius 3 is 2.48 bits per heavy atom. The number of hydrogen-bond donors (Lipinski definition) is 0. The highest BCUT2D eigenvalue weighted by Gasteiger charge is 2.24. The molecular weight excluding hydrogens is 390 g/mol. The van der Waals surface area contributed by atoms with Gasteiger partial charge in [0.25, 0.3) is 0 Å². The molecule has 4 rings (SSSR count). The van der Waals surface area contributed by atoms with Crippen LogP contribution in [0.2, 0.25) is 0 Å². The van der Waals surface area contributed by atoms with E-state index in [1.807, 2.05) is 29.2 Å². The highest BCUT2D eigenvalue weighted by atomic mass is 16.5. The summed E-state index contributed by atoms with van der Waals surface area (Å²) in [5.41, 5.74) is 4.56. The van der Waals surface area contributed by atoms with Crippen LogP contribution in [-0.4, -0.2) is 37.0 Å². The number of amides is 1. The number of likely N-dealkylation sites (tertiary alicyclic amines) is 1. The van der Waals surface area contributed by atoms with Crippen LogP contribution in [0.5, 0.6) is 0 Å². The first-order valence-electron chi connectivity index (χ1n) is 11.4. The van der Waals surface area contributed by atoms with E-state index in [9.17, 15) is 9.59 Å². The molecule has 2 fully saturated rings. The van der Waals surface area contributed by atoms with Crippen LogP contribution < -0.4 is 0 Å². The molecule has 0 unspecified atom stereocenters. The van der Waals surface area contributed by atoms with E-state index in [4.69, 9.17) is 9.15 Å². The normalized spacial score (nSPS) is 17.8. The fraction of sp³-hybridized carbons (Fsp3) is 0.462. The fourth-order valence-corrected chi connectivity index (χ4v) is 4.91. The Morgan fingerprint density at radius 1 is 1.06 bits per heavy atom. The number of methoxy groups -OCH3 is 1. The third-order valence-corrected chi connectivity index (χ3v) is 6.55. The molecule has 1 aromatic carbocycles. The predicted molar refractivity (Wildman–Crippen MR) is 121 cm³/mol. The monoisotopic (exact) mass is 421 g/mol. The molecule has 0 bridgehead atoms. The molecule has 0 atom stereocenters. The van der Waals surface area contributed by atoms with E-state index in [0.717, 1.165) is 61.0 Å². The molecule has 2 aromatic rings. The molecule has 0 spiro atoms. The maximum atomic E-state index is 12.8. The predicted octanol–water partition coefficient (Wildman–Crippen LogP) is 5.81. The molecule has 1 saturated carbocycles. The minimum absolute atomic E-state index is 0.0283. The summed E-state index contributed by atoms with van der Waals surface area (Å²) in [6, 6.07) is 5.76. The van der Waals surface area contributed by atoms with E-state index in [1.54, 1.807) is 18.6 Å². The number of hydrogen-bond acceptors (Lipinski definition) is 4. The summed E-state index contributed by atoms with van der Waals surface area (Å²) >= 11 is 0. The average Bonchev–Trinajstić information content (AvgIpc) is 3.37. The minimum Gasteiger partial charge on any atom is -0.472 e. The van der Waals surface area contributed by atoms with E-state index >= 15 is 0 Å². The number of nitrogens with zero attached hydrogens (tertiary/aromatic N) is 1. The molecule has 1 aliphatic carbocycles. The van der Waals surface area contributed by atoms with Gasteiger partial charge in [-0.3, -0.25) is 4.79 Å². The number of ether oxygens (including phenoxy) is 1. The van der Waals surface area contributed by atoms with Crippen LogP contribution in [0.1, 0.15) is 78.8 Å². The summed E-state index contributed by atoms with van der Waals surface area (Å²) in [4.78, 5) is 27.1. The van der Waals surface area contributed by atoms with Gasteiger partial charge in [-0.2, -0.15) is 0 Å². The molecule has 1 amide bonds. The first-order valence-corrected chi connectivity index (χ1v) is 11.4. The van der Waals surface area contributed by atoms with Gasteiger partial charge in [0.05, 0.1) is 25.2 Å². The molecule has 1 aliphatic heterocycles. The van der Waals surface area contributed by atoms with Crippen molar-refractivity contribution in [1.29, 1.82) is 0 Å². The van der Waals surface area contributed by atoms with Gasteiger partial charge in [-0.25, -0.2) is 4.79 Å². The number of esters is 1. The average molecular weight is 422 g/mol. The maximum absolute atomic E-state index is 12.8. The smallest absolute Gasteiger partial charge is 0.337 e. The van der Waals surface area contributed by atoms with Gasteiger partial charge in [0.1, 0.15) is 0 Å². The quantitative estimate of drug-likeness (QED) is 0.452. The van der Waals surface area contributed by atoms with Crippen molar-refractivity contribution in [2.24, 2.45) is 0 Å². The topological polar surface area (TPSA) is 59.8 Å². The Kier molecular flexibility index (Phi) is 6.90. The lowest BCUT2D eigenvalue weighted by Gasteiger charge is -2.26. The summed E-state index contributed by atoms with van der Waals surface area (Å²) in [5, 5.41) is 0. The highest BCUT2D eigenvalue weighted by Crippen LogP contribution is 2.41. The standard InChI is InChI=1S/C26H31NO4/c1-30-26(29)22-16-20(10-11-24(28)27-13-6-3-7-14-27)25(21-12-15-31-18-21)23(17-22)19-8-4-2-5-9-19/h10-12,15-19H,2-9,13-14H2,1H3. The van der Waals surface area contributed by atoms with Crippen LogP contribution in [0.3, 0.4) is 0 Å². The van der Waals surface area contributed by atoms with Crippen molar-refractivity contribution in [3.05, 3.63) is 53.5 Å². The number of rotatable bonds is 5. The molecule has 1 aromatic heterocycles. The lowest BCUT2D eigenvalue weighted by Crippen LogP contribution is -2.34. The van der Waals surface area contributed by atoms with Gasteiger partial charge < -0.3 is 14.1 Å². The Labute approximate surface area is 184 Å². The Hall–Kier alpha value is -2.82. The molecule has 0 N–H and O–H groups in total. The van der Waals surface area contributed by atoms with Crippen LogP contribution in [0.25, 0.3) is 17.2 Å². The molecule has 5 heteroatoms. The largest absolute Gasteiger partial charge is 0.472 e. The second-order valence-electron chi connectivity index (χ2n) is 8.59. The molecule has 5 nitrogen and oxygen atoms in total. The van der Waals surface area contributed by atoms with Crippen molar-refractivity contribution in [3.63, 3.8) is 0 Å². The van der Waals surface area contributed by atoms with Gasteiger partial charge in [0, 0.05) is 24.7 Å². The summed E-state index contributed by atoms with van der Waals surface area (Å²) in [6.45, 7) is 1.63. The molecule has 31 heavy (non-hydrogen) atoms. The summed E-state index contributed by atoms with van der Waals surface area (Å²) < 4.78 is 10.4. The van der Waals surface area contributed by atoms with Gasteiger partial charge in [-0.1, -0.05) is 19.3 Å². The first-order chi connectivity index (χ1) is 15.2. The van der Waals surface area contributed by atoms with Crippen molar-refractivity contribution in [2.45, 2.75) is 57.3 Å². The lowest BCUT2D eigenvalue weighted by molar-refractivity contribution is -0.126. The van der Waals surface area contributed by atoms with Crippen molar-refractivity contribution in [3.8, 4) is 11.1 Å². The van der Waals surface area contributed by atoms with Crippen molar-refractivity contribution < 1.29 is 18.7 Å². The number of carbonyl (C=O) groups is 2. The van der Waals surface area contributed by atoms with Crippen LogP contribution >= 0.6 is 0 Å². The Balaban J connectivity index is 1.78. The van der Waals surface area contributed by atoms with Gasteiger partial charge >= 0.3 is 5.97 Å². The highest BCUT2D eigenvalue weighted by molar-refractivity contribution is 5.96. The molecule has 2 heterocycles. The van der Waals surface area contributed by atoms with Crippen molar-refractivity contribution >= 4 is 18.0 Å². The van der Waals surface area contributed by atoms with E-state index in [0.29, 0.717) is 11.5 Å². The zero-order chi connectivity index (χ0) is 21.6. The van der Waals surface area contributed by atoms with Gasteiger partial charge in [-0.05, 0) is 79.0 Å². The Bertz CT molecular complexity index is 933. The zero-order valence-electron chi connectivity index (χ0n) is 18.3. The zero-order valence-corrected chi connectivity index (χ0v) is 18.3. The van der Waals surface area contributed by atoms with Gasteiger partial charge in [0.15, 0.2) is 0 Å². The second kappa shape index (κ2) is 9.99. The maximum Gasteiger partial charge on any atom is 0.337 e. The fourth-order valence-electron chi connectivity index (χ4n) is 4.91. The lowest BCUT2D eigenvalue weighted by atomic mass is 9.79. The minimum atomic E-state index is -0.354. The van der Waals surface area contributed by atoms with E-state index < -0.39 is 0 Å². The van der Waals surface area contributed by atoms with Crippen molar-refractivity contribution in [1.82, 2.24) is 4.90 Å². The summed E-state index contributed by atoms with van der Waals surface area (Å²) in [7, 11) is 1.40. The number of benzene rings is 1. The van der Waals surface area contributed by atoms with Crippen LogP contribution in [0, 0.1) is 0 Å². The van der Waals surface area contributed by atoms with Crippen molar-refractivity contribution in [2.75, 3.05) is 20.2 Å². The van der Waals surface area contributed by atoms with E-state index in [-0.39, 0.29) is 11.9 Å². The number of carbonyl (C=O) groups excluding carboxylic acids is 2. The van der Waals surface area contributed by atoms with Crippen LogP contribution in [0.15, 0.2) is 41.2 Å². The second-order valence-corrected chi connectivity index (χ2v) is 8.59.